The maximum atomic E-state index is 10.9. The van der Waals surface area contributed by atoms with Crippen LogP contribution >= 0.6 is 0 Å². The number of methoxy groups -OCH3 is 2. The largest absolute Gasteiger partial charge is 0.464 e. The predicted octanol–water partition coefficient (Wildman–Crippen LogP) is 2.67. The molecule has 0 bridgehead atoms. The van der Waals surface area contributed by atoms with E-state index in [2.05, 4.69) is 0 Å². The number of hydrogen-bond acceptors (Lipinski definition) is 5. The molecule has 6 heteroatoms. The van der Waals surface area contributed by atoms with Crippen LogP contribution < -0.4 is 4.74 Å². The van der Waals surface area contributed by atoms with Crippen LogP contribution in [0.3, 0.4) is 0 Å². The first-order chi connectivity index (χ1) is 9.12. The molecule has 0 fully saturated rings. The van der Waals surface area contributed by atoms with E-state index in [0.717, 1.165) is 6.42 Å². The van der Waals surface area contributed by atoms with Gasteiger partial charge >= 0.3 is 0 Å². The first-order valence-electron chi connectivity index (χ1n) is 6.13. The molecule has 0 radical (unpaired) electrons. The standard InChI is InChI=1S/C13H17NO5/c1-4-9-12(17-2)10-7-8(14(15)16)5-6-11(10)19-13(9)18-3/h5-7,9,12-13H,4H2,1-3H3/t9-,12+,13-/m1/s1. The van der Waals surface area contributed by atoms with E-state index in [-0.39, 0.29) is 17.7 Å². The summed E-state index contributed by atoms with van der Waals surface area (Å²) < 4.78 is 16.6. The van der Waals surface area contributed by atoms with Crippen molar-refractivity contribution in [1.82, 2.24) is 0 Å². The quantitative estimate of drug-likeness (QED) is 0.619. The third-order valence-electron chi connectivity index (χ3n) is 3.45. The maximum absolute atomic E-state index is 10.9. The van der Waals surface area contributed by atoms with Crippen LogP contribution in [-0.2, 0) is 9.47 Å². The van der Waals surface area contributed by atoms with Crippen molar-refractivity contribution in [1.29, 1.82) is 0 Å². The Morgan fingerprint density at radius 2 is 2.11 bits per heavy atom. The van der Waals surface area contributed by atoms with Crippen molar-refractivity contribution in [3.8, 4) is 5.75 Å². The summed E-state index contributed by atoms with van der Waals surface area (Å²) in [7, 11) is 3.17. The minimum absolute atomic E-state index is 0.00417. The van der Waals surface area contributed by atoms with Crippen LogP contribution in [0.5, 0.6) is 5.75 Å². The van der Waals surface area contributed by atoms with Gasteiger partial charge in [0.05, 0.1) is 16.9 Å². The SMILES string of the molecule is CC[C@H]1[C@H](OC)Oc2ccc([N+](=O)[O-])cc2[C@H]1OC. The molecule has 104 valence electrons. The minimum atomic E-state index is -0.420. The molecule has 2 rings (SSSR count). The lowest BCUT2D eigenvalue weighted by molar-refractivity contribution is -0.385. The molecule has 0 aromatic heterocycles. The molecule has 0 N–H and O–H groups in total. The van der Waals surface area contributed by atoms with Gasteiger partial charge in [-0.2, -0.15) is 0 Å². The Bertz CT molecular complexity index is 476. The Kier molecular flexibility index (Phi) is 4.01. The van der Waals surface area contributed by atoms with Crippen molar-refractivity contribution >= 4 is 5.69 Å². The highest BCUT2D eigenvalue weighted by atomic mass is 16.7. The van der Waals surface area contributed by atoms with Gasteiger partial charge in [0.1, 0.15) is 5.75 Å². The smallest absolute Gasteiger partial charge is 0.270 e. The second-order valence-electron chi connectivity index (χ2n) is 4.43. The molecule has 0 unspecified atom stereocenters. The fraction of sp³-hybridized carbons (Fsp3) is 0.538. The lowest BCUT2D eigenvalue weighted by Gasteiger charge is -2.37. The van der Waals surface area contributed by atoms with Gasteiger partial charge in [-0.3, -0.25) is 10.1 Å². The highest BCUT2D eigenvalue weighted by molar-refractivity contribution is 5.46. The molecule has 1 aromatic carbocycles. The Morgan fingerprint density at radius 3 is 2.63 bits per heavy atom. The van der Waals surface area contributed by atoms with E-state index in [0.29, 0.717) is 11.3 Å². The van der Waals surface area contributed by atoms with Gasteiger partial charge in [0, 0.05) is 31.9 Å². The molecule has 1 aliphatic heterocycles. The van der Waals surface area contributed by atoms with Crippen molar-refractivity contribution in [2.45, 2.75) is 25.7 Å². The number of rotatable bonds is 4. The Balaban J connectivity index is 2.46. The molecular weight excluding hydrogens is 250 g/mol. The van der Waals surface area contributed by atoms with Crippen LogP contribution in [0.15, 0.2) is 18.2 Å². The molecule has 6 nitrogen and oxygen atoms in total. The molecule has 1 aliphatic rings. The zero-order valence-corrected chi connectivity index (χ0v) is 11.2. The number of nitro benzene ring substituents is 1. The summed E-state index contributed by atoms with van der Waals surface area (Å²) in [5.41, 5.74) is 0.743. The number of nitro groups is 1. The fourth-order valence-corrected chi connectivity index (χ4v) is 2.50. The van der Waals surface area contributed by atoms with Crippen molar-refractivity contribution < 1.29 is 19.1 Å². The first kappa shape index (κ1) is 13.8. The van der Waals surface area contributed by atoms with Crippen LogP contribution in [0.2, 0.25) is 0 Å². The Labute approximate surface area is 111 Å². The summed E-state index contributed by atoms with van der Waals surface area (Å²) in [5.74, 6) is 0.582. The average molecular weight is 267 g/mol. The molecular formula is C13H17NO5. The minimum Gasteiger partial charge on any atom is -0.464 e. The van der Waals surface area contributed by atoms with Gasteiger partial charge < -0.3 is 14.2 Å². The number of fused-ring (bicyclic) bond motifs is 1. The van der Waals surface area contributed by atoms with Crippen molar-refractivity contribution in [3.63, 3.8) is 0 Å². The summed E-state index contributed by atoms with van der Waals surface area (Å²) in [6, 6.07) is 4.53. The monoisotopic (exact) mass is 267 g/mol. The highest BCUT2D eigenvalue weighted by Gasteiger charge is 2.38. The van der Waals surface area contributed by atoms with Crippen LogP contribution in [0, 0.1) is 16.0 Å². The predicted molar refractivity (Wildman–Crippen MR) is 68.1 cm³/mol. The summed E-state index contributed by atoms with van der Waals surface area (Å²) in [6.07, 6.45) is 0.126. The lowest BCUT2D eigenvalue weighted by Crippen LogP contribution is -2.37. The molecule has 3 atom stereocenters. The Morgan fingerprint density at radius 1 is 1.37 bits per heavy atom. The number of nitrogens with zero attached hydrogens (tertiary/aromatic N) is 1. The molecule has 0 spiro atoms. The summed E-state index contributed by atoms with van der Waals surface area (Å²) in [5, 5.41) is 10.9. The maximum Gasteiger partial charge on any atom is 0.270 e. The van der Waals surface area contributed by atoms with Crippen LogP contribution in [0.1, 0.15) is 25.0 Å². The molecule has 1 heterocycles. The van der Waals surface area contributed by atoms with Crippen LogP contribution in [0.4, 0.5) is 5.69 Å². The average Bonchev–Trinajstić information content (AvgIpc) is 2.44. The normalized spacial score (nSPS) is 25.5. The van der Waals surface area contributed by atoms with Gasteiger partial charge in [-0.1, -0.05) is 6.92 Å². The molecule has 0 saturated carbocycles. The van der Waals surface area contributed by atoms with E-state index >= 15 is 0 Å². The lowest BCUT2D eigenvalue weighted by atomic mass is 9.89. The van der Waals surface area contributed by atoms with Gasteiger partial charge in [0.2, 0.25) is 6.29 Å². The van der Waals surface area contributed by atoms with Crippen molar-refractivity contribution in [2.75, 3.05) is 14.2 Å². The van der Waals surface area contributed by atoms with Gasteiger partial charge in [-0.15, -0.1) is 0 Å². The molecule has 0 aliphatic carbocycles. The molecule has 0 saturated heterocycles. The van der Waals surface area contributed by atoms with E-state index in [1.807, 2.05) is 6.92 Å². The summed E-state index contributed by atoms with van der Waals surface area (Å²) in [6.45, 7) is 2.01. The zero-order valence-electron chi connectivity index (χ0n) is 11.2. The van der Waals surface area contributed by atoms with Crippen molar-refractivity contribution in [3.05, 3.63) is 33.9 Å². The second kappa shape index (κ2) is 5.54. The van der Waals surface area contributed by atoms with Crippen LogP contribution in [0.25, 0.3) is 0 Å². The molecule has 1 aromatic rings. The van der Waals surface area contributed by atoms with E-state index in [9.17, 15) is 10.1 Å². The number of hydrogen-bond donors (Lipinski definition) is 0. The van der Waals surface area contributed by atoms with Gasteiger partial charge in [-0.05, 0) is 12.5 Å². The summed E-state index contributed by atoms with van der Waals surface area (Å²) >= 11 is 0. The van der Waals surface area contributed by atoms with E-state index in [1.54, 1.807) is 20.3 Å². The van der Waals surface area contributed by atoms with Gasteiger partial charge in [0.15, 0.2) is 0 Å². The third-order valence-corrected chi connectivity index (χ3v) is 3.45. The number of ether oxygens (including phenoxy) is 3. The highest BCUT2D eigenvalue weighted by Crippen LogP contribution is 2.43. The number of benzene rings is 1. The van der Waals surface area contributed by atoms with Gasteiger partial charge in [-0.25, -0.2) is 0 Å². The van der Waals surface area contributed by atoms with E-state index < -0.39 is 11.2 Å². The third kappa shape index (κ3) is 2.41. The molecule has 0 amide bonds. The van der Waals surface area contributed by atoms with Crippen LogP contribution in [-0.4, -0.2) is 25.4 Å². The first-order valence-corrected chi connectivity index (χ1v) is 6.13. The second-order valence-corrected chi connectivity index (χ2v) is 4.43. The van der Waals surface area contributed by atoms with E-state index in [4.69, 9.17) is 14.2 Å². The van der Waals surface area contributed by atoms with Crippen molar-refractivity contribution in [2.24, 2.45) is 5.92 Å². The Hall–Kier alpha value is -1.66. The fourth-order valence-electron chi connectivity index (χ4n) is 2.50. The zero-order chi connectivity index (χ0) is 14.0. The number of non-ortho nitro benzene ring substituents is 1. The molecule has 19 heavy (non-hydrogen) atoms. The topological polar surface area (TPSA) is 70.8 Å². The van der Waals surface area contributed by atoms with E-state index in [1.165, 1.54) is 12.1 Å². The summed E-state index contributed by atoms with van der Waals surface area (Å²) in [4.78, 5) is 10.4. The van der Waals surface area contributed by atoms with Gasteiger partial charge in [0.25, 0.3) is 5.69 Å².